The number of esters is 1. The average molecular weight is 326 g/mol. The molecule has 1 heterocycles. The highest BCUT2D eigenvalue weighted by Gasteiger charge is 2.36. The number of hydrogen-bond acceptors (Lipinski definition) is 4. The Hall–Kier alpha value is -1.42. The molecule has 0 aliphatic heterocycles. The molecule has 1 aromatic heterocycles. The number of Topliss-reactive ketones (excluding diaryl/α,β-unsaturated/α-hetero) is 1. The number of carbonyl (C=O) groups excluding carboxylic acids is 2. The molecule has 4 nitrogen and oxygen atoms in total. The molecule has 0 atom stereocenters. The zero-order chi connectivity index (χ0) is 17.1. The van der Waals surface area contributed by atoms with Crippen molar-refractivity contribution in [1.82, 2.24) is 4.98 Å². The number of ketones is 1. The SMILES string of the molecule is CCOC(=O)c1c(C(C)(C)C(=O)CC(C)(C)C)ccnc1Cl. The largest absolute Gasteiger partial charge is 0.462 e. The number of ether oxygens (including phenoxy) is 1. The fourth-order valence-corrected chi connectivity index (χ4v) is 2.44. The van der Waals surface area contributed by atoms with E-state index in [9.17, 15) is 9.59 Å². The lowest BCUT2D eigenvalue weighted by atomic mass is 9.73. The van der Waals surface area contributed by atoms with Crippen LogP contribution in [0.2, 0.25) is 5.15 Å². The van der Waals surface area contributed by atoms with Gasteiger partial charge in [0.2, 0.25) is 0 Å². The quantitative estimate of drug-likeness (QED) is 0.601. The van der Waals surface area contributed by atoms with E-state index in [0.29, 0.717) is 12.0 Å². The summed E-state index contributed by atoms with van der Waals surface area (Å²) in [6.45, 7) is 11.6. The van der Waals surface area contributed by atoms with Crippen molar-refractivity contribution in [2.24, 2.45) is 5.41 Å². The molecule has 0 amide bonds. The van der Waals surface area contributed by atoms with Crippen molar-refractivity contribution in [3.63, 3.8) is 0 Å². The summed E-state index contributed by atoms with van der Waals surface area (Å²) in [5.74, 6) is -0.500. The van der Waals surface area contributed by atoms with Crippen molar-refractivity contribution in [2.45, 2.75) is 53.4 Å². The predicted octanol–water partition coefficient (Wildman–Crippen LogP) is 4.19. The van der Waals surface area contributed by atoms with E-state index in [4.69, 9.17) is 16.3 Å². The van der Waals surface area contributed by atoms with Crippen LogP contribution in [-0.4, -0.2) is 23.3 Å². The van der Waals surface area contributed by atoms with Gasteiger partial charge in [0, 0.05) is 18.0 Å². The molecule has 0 N–H and O–H groups in total. The van der Waals surface area contributed by atoms with Crippen molar-refractivity contribution in [3.05, 3.63) is 28.5 Å². The average Bonchev–Trinajstić information content (AvgIpc) is 2.36. The normalized spacial score (nSPS) is 12.1. The lowest BCUT2D eigenvalue weighted by molar-refractivity contribution is -0.125. The second-order valence-corrected chi connectivity index (χ2v) is 7.39. The summed E-state index contributed by atoms with van der Waals surface area (Å²) in [6.07, 6.45) is 1.91. The summed E-state index contributed by atoms with van der Waals surface area (Å²) < 4.78 is 5.05. The Morgan fingerprint density at radius 3 is 2.32 bits per heavy atom. The summed E-state index contributed by atoms with van der Waals surface area (Å²) in [5.41, 5.74) is -0.240. The molecule has 0 saturated carbocycles. The number of nitrogens with zero attached hydrogens (tertiary/aromatic N) is 1. The molecule has 0 fully saturated rings. The fourth-order valence-electron chi connectivity index (χ4n) is 2.21. The minimum Gasteiger partial charge on any atom is -0.462 e. The van der Waals surface area contributed by atoms with Gasteiger partial charge >= 0.3 is 5.97 Å². The highest BCUT2D eigenvalue weighted by Crippen LogP contribution is 2.34. The molecule has 1 aromatic rings. The molecular weight excluding hydrogens is 302 g/mol. The van der Waals surface area contributed by atoms with Gasteiger partial charge in [-0.3, -0.25) is 4.79 Å². The molecule has 22 heavy (non-hydrogen) atoms. The third kappa shape index (κ3) is 4.29. The summed E-state index contributed by atoms with van der Waals surface area (Å²) >= 11 is 6.08. The summed E-state index contributed by atoms with van der Waals surface area (Å²) in [7, 11) is 0. The number of halogens is 1. The van der Waals surface area contributed by atoms with Crippen LogP contribution in [0.5, 0.6) is 0 Å². The summed E-state index contributed by atoms with van der Waals surface area (Å²) in [6, 6.07) is 1.67. The fraction of sp³-hybridized carbons (Fsp3) is 0.588. The predicted molar refractivity (Wildman–Crippen MR) is 87.3 cm³/mol. The van der Waals surface area contributed by atoms with Gasteiger partial charge in [0.1, 0.15) is 16.5 Å². The minimum atomic E-state index is -0.845. The molecule has 0 spiro atoms. The second kappa shape index (κ2) is 6.78. The summed E-state index contributed by atoms with van der Waals surface area (Å²) in [4.78, 5) is 28.8. The van der Waals surface area contributed by atoms with Crippen LogP contribution in [0, 0.1) is 5.41 Å². The van der Waals surface area contributed by atoms with Crippen molar-refractivity contribution in [2.75, 3.05) is 6.61 Å². The van der Waals surface area contributed by atoms with Crippen LogP contribution in [0.4, 0.5) is 0 Å². The van der Waals surface area contributed by atoms with Crippen LogP contribution in [0.1, 0.15) is 63.9 Å². The summed E-state index contributed by atoms with van der Waals surface area (Å²) in [5, 5.41) is 0.0626. The molecule has 0 radical (unpaired) electrons. The van der Waals surface area contributed by atoms with Crippen molar-refractivity contribution in [1.29, 1.82) is 0 Å². The van der Waals surface area contributed by atoms with Gasteiger partial charge in [-0.15, -0.1) is 0 Å². The topological polar surface area (TPSA) is 56.3 Å². The van der Waals surface area contributed by atoms with E-state index >= 15 is 0 Å². The van der Waals surface area contributed by atoms with Crippen LogP contribution in [-0.2, 0) is 14.9 Å². The van der Waals surface area contributed by atoms with E-state index < -0.39 is 11.4 Å². The smallest absolute Gasteiger partial charge is 0.341 e. The van der Waals surface area contributed by atoms with Crippen LogP contribution >= 0.6 is 11.6 Å². The van der Waals surface area contributed by atoms with Gasteiger partial charge in [-0.05, 0) is 37.8 Å². The van der Waals surface area contributed by atoms with Crippen molar-refractivity contribution in [3.8, 4) is 0 Å². The Morgan fingerprint density at radius 1 is 1.23 bits per heavy atom. The molecule has 0 unspecified atom stereocenters. The zero-order valence-corrected chi connectivity index (χ0v) is 14.9. The maximum Gasteiger partial charge on any atom is 0.341 e. The van der Waals surface area contributed by atoms with Crippen LogP contribution in [0.25, 0.3) is 0 Å². The number of rotatable bonds is 5. The van der Waals surface area contributed by atoms with E-state index in [-0.39, 0.29) is 28.5 Å². The minimum absolute atomic E-state index is 0.0489. The highest BCUT2D eigenvalue weighted by molar-refractivity contribution is 6.32. The third-order valence-electron chi connectivity index (χ3n) is 3.45. The number of aromatic nitrogens is 1. The molecule has 122 valence electrons. The molecular formula is C17H24ClNO3. The van der Waals surface area contributed by atoms with E-state index in [0.717, 1.165) is 0 Å². The number of hydrogen-bond donors (Lipinski definition) is 0. The maximum absolute atomic E-state index is 12.7. The monoisotopic (exact) mass is 325 g/mol. The van der Waals surface area contributed by atoms with Gasteiger partial charge in [-0.1, -0.05) is 32.4 Å². The van der Waals surface area contributed by atoms with Gasteiger partial charge in [-0.2, -0.15) is 0 Å². The van der Waals surface area contributed by atoms with E-state index in [1.807, 2.05) is 20.8 Å². The van der Waals surface area contributed by atoms with Crippen molar-refractivity contribution < 1.29 is 14.3 Å². The lowest BCUT2D eigenvalue weighted by Gasteiger charge is -2.29. The van der Waals surface area contributed by atoms with Crippen LogP contribution in [0.3, 0.4) is 0 Å². The first-order chi connectivity index (χ1) is 10.0. The van der Waals surface area contributed by atoms with Gasteiger partial charge in [0.05, 0.1) is 6.61 Å². The number of carbonyl (C=O) groups is 2. The Morgan fingerprint density at radius 2 is 1.82 bits per heavy atom. The van der Waals surface area contributed by atoms with Crippen LogP contribution < -0.4 is 0 Å². The standard InChI is InChI=1S/C17H24ClNO3/c1-7-22-15(21)13-11(8-9-19-14(13)18)17(5,6)12(20)10-16(2,3)4/h8-9H,7,10H2,1-6H3. The first-order valence-corrected chi connectivity index (χ1v) is 7.74. The third-order valence-corrected chi connectivity index (χ3v) is 3.73. The molecule has 0 saturated heterocycles. The molecule has 0 aliphatic carbocycles. The molecule has 0 aromatic carbocycles. The van der Waals surface area contributed by atoms with Crippen LogP contribution in [0.15, 0.2) is 12.3 Å². The van der Waals surface area contributed by atoms with Gasteiger partial charge in [0.15, 0.2) is 0 Å². The van der Waals surface area contributed by atoms with E-state index in [2.05, 4.69) is 4.98 Å². The zero-order valence-electron chi connectivity index (χ0n) is 14.1. The van der Waals surface area contributed by atoms with E-state index in [1.165, 1.54) is 6.20 Å². The molecule has 0 bridgehead atoms. The van der Waals surface area contributed by atoms with Gasteiger partial charge in [0.25, 0.3) is 0 Å². The molecule has 5 heteroatoms. The van der Waals surface area contributed by atoms with E-state index in [1.54, 1.807) is 26.8 Å². The second-order valence-electron chi connectivity index (χ2n) is 7.03. The Balaban J connectivity index is 3.33. The van der Waals surface area contributed by atoms with Gasteiger partial charge < -0.3 is 4.74 Å². The maximum atomic E-state index is 12.7. The molecule has 0 aliphatic rings. The first kappa shape index (κ1) is 18.6. The Kier molecular flexibility index (Phi) is 5.74. The van der Waals surface area contributed by atoms with Gasteiger partial charge in [-0.25, -0.2) is 9.78 Å². The highest BCUT2D eigenvalue weighted by atomic mass is 35.5. The molecule has 1 rings (SSSR count). The Bertz CT molecular complexity index is 574. The number of pyridine rings is 1. The Labute approximate surface area is 137 Å². The lowest BCUT2D eigenvalue weighted by Crippen LogP contribution is -2.34. The first-order valence-electron chi connectivity index (χ1n) is 7.36. The van der Waals surface area contributed by atoms with Crippen molar-refractivity contribution >= 4 is 23.4 Å².